The number of aliphatic hydroxyl groups is 1. The molecule has 1 saturated heterocycles. The van der Waals surface area contributed by atoms with Gasteiger partial charge in [-0.2, -0.15) is 0 Å². The zero-order valence-electron chi connectivity index (χ0n) is 11.0. The number of piperazine rings is 1. The van der Waals surface area contributed by atoms with Crippen LogP contribution >= 0.6 is 0 Å². The van der Waals surface area contributed by atoms with Gasteiger partial charge in [0.25, 0.3) is 0 Å². The van der Waals surface area contributed by atoms with Crippen molar-refractivity contribution >= 4 is 16.9 Å². The minimum absolute atomic E-state index is 0.169. The third-order valence-electron chi connectivity index (χ3n) is 3.75. The maximum atomic E-state index is 9.39. The van der Waals surface area contributed by atoms with Gasteiger partial charge in [-0.25, -0.2) is 4.98 Å². The molecule has 0 saturated carbocycles. The molecule has 1 N–H and O–H groups in total. The topological polar surface area (TPSA) is 52.5 Å². The van der Waals surface area contributed by atoms with Gasteiger partial charge in [0.15, 0.2) is 0 Å². The Bertz CT molecular complexity index is 574. The van der Waals surface area contributed by atoms with Crippen LogP contribution in [0.4, 0.5) is 5.82 Å². The van der Waals surface area contributed by atoms with Crippen LogP contribution in [-0.4, -0.2) is 59.3 Å². The second-order valence-electron chi connectivity index (χ2n) is 4.98. The number of hydrogen-bond donors (Lipinski definition) is 1. The molecule has 0 amide bonds. The molecule has 1 aliphatic heterocycles. The van der Waals surface area contributed by atoms with Crippen molar-refractivity contribution < 1.29 is 5.11 Å². The Kier molecular flexibility index (Phi) is 3.31. The zero-order valence-corrected chi connectivity index (χ0v) is 11.0. The Labute approximate surface area is 112 Å². The highest BCUT2D eigenvalue weighted by Crippen LogP contribution is 2.18. The van der Waals surface area contributed by atoms with Crippen molar-refractivity contribution in [2.45, 2.75) is 6.04 Å². The summed E-state index contributed by atoms with van der Waals surface area (Å²) < 4.78 is 0. The number of rotatable bonds is 2. The minimum atomic E-state index is 0.169. The largest absolute Gasteiger partial charge is 0.395 e. The fourth-order valence-electron chi connectivity index (χ4n) is 2.45. The number of hydrogen-bond acceptors (Lipinski definition) is 5. The third-order valence-corrected chi connectivity index (χ3v) is 3.75. The van der Waals surface area contributed by atoms with E-state index in [9.17, 15) is 5.11 Å². The molecular weight excluding hydrogens is 240 g/mol. The van der Waals surface area contributed by atoms with Gasteiger partial charge < -0.3 is 10.0 Å². The van der Waals surface area contributed by atoms with Crippen LogP contribution in [0.2, 0.25) is 0 Å². The lowest BCUT2D eigenvalue weighted by Crippen LogP contribution is -2.53. The maximum Gasteiger partial charge on any atom is 0.147 e. The molecule has 0 radical (unpaired) electrons. The first-order chi connectivity index (χ1) is 9.28. The highest BCUT2D eigenvalue weighted by atomic mass is 16.3. The average molecular weight is 258 g/mol. The number of para-hydroxylation sites is 2. The summed E-state index contributed by atoms with van der Waals surface area (Å²) in [4.78, 5) is 13.5. The van der Waals surface area contributed by atoms with Crippen molar-refractivity contribution in [2.75, 3.05) is 38.2 Å². The lowest BCUT2D eigenvalue weighted by Gasteiger charge is -2.39. The van der Waals surface area contributed by atoms with E-state index in [4.69, 9.17) is 0 Å². The Morgan fingerprint density at radius 3 is 2.84 bits per heavy atom. The van der Waals surface area contributed by atoms with Crippen LogP contribution in [0, 0.1) is 0 Å². The van der Waals surface area contributed by atoms with Crippen molar-refractivity contribution in [3.05, 3.63) is 30.5 Å². The number of anilines is 1. The predicted molar refractivity (Wildman–Crippen MR) is 75.3 cm³/mol. The molecule has 5 nitrogen and oxygen atoms in total. The van der Waals surface area contributed by atoms with Gasteiger partial charge >= 0.3 is 0 Å². The highest BCUT2D eigenvalue weighted by molar-refractivity contribution is 5.75. The molecule has 1 fully saturated rings. The van der Waals surface area contributed by atoms with Gasteiger partial charge in [-0.1, -0.05) is 12.1 Å². The van der Waals surface area contributed by atoms with Gasteiger partial charge in [-0.15, -0.1) is 0 Å². The molecule has 0 bridgehead atoms. The second kappa shape index (κ2) is 5.11. The van der Waals surface area contributed by atoms with Crippen molar-refractivity contribution in [1.29, 1.82) is 0 Å². The predicted octanol–water partition coefficient (Wildman–Crippen LogP) is 0.742. The normalized spacial score (nSPS) is 20.9. The lowest BCUT2D eigenvalue weighted by atomic mass is 10.2. The highest BCUT2D eigenvalue weighted by Gasteiger charge is 2.24. The first-order valence-electron chi connectivity index (χ1n) is 6.56. The standard InChI is InChI=1S/C14H18N4O/c1-17-6-7-18(9-11(17)10-19)14-8-15-12-4-2-3-5-13(12)16-14/h2-5,8,11,19H,6-7,9-10H2,1H3/t11-/m1/s1. The maximum absolute atomic E-state index is 9.39. The van der Waals surface area contributed by atoms with Crippen LogP contribution in [0.3, 0.4) is 0 Å². The van der Waals surface area contributed by atoms with Crippen molar-refractivity contribution in [3.8, 4) is 0 Å². The first-order valence-corrected chi connectivity index (χ1v) is 6.56. The van der Waals surface area contributed by atoms with Crippen LogP contribution in [0.25, 0.3) is 11.0 Å². The first kappa shape index (κ1) is 12.3. The SMILES string of the molecule is CN1CCN(c2cnc3ccccc3n2)C[C@@H]1CO. The molecular formula is C14H18N4O. The summed E-state index contributed by atoms with van der Waals surface area (Å²) in [6.07, 6.45) is 1.82. The zero-order chi connectivity index (χ0) is 13.2. The fraction of sp³-hybridized carbons (Fsp3) is 0.429. The fourth-order valence-corrected chi connectivity index (χ4v) is 2.45. The van der Waals surface area contributed by atoms with Crippen molar-refractivity contribution in [2.24, 2.45) is 0 Å². The summed E-state index contributed by atoms with van der Waals surface area (Å²) in [6, 6.07) is 8.05. The van der Waals surface area contributed by atoms with E-state index in [-0.39, 0.29) is 12.6 Å². The van der Waals surface area contributed by atoms with E-state index >= 15 is 0 Å². The molecule has 2 heterocycles. The van der Waals surface area contributed by atoms with Gasteiger partial charge in [0.05, 0.1) is 29.9 Å². The van der Waals surface area contributed by atoms with E-state index in [1.807, 2.05) is 37.5 Å². The number of aromatic nitrogens is 2. The Morgan fingerprint density at radius 2 is 2.05 bits per heavy atom. The summed E-state index contributed by atoms with van der Waals surface area (Å²) in [6.45, 7) is 2.81. The molecule has 0 spiro atoms. The summed E-state index contributed by atoms with van der Waals surface area (Å²) >= 11 is 0. The molecule has 1 atom stereocenters. The molecule has 19 heavy (non-hydrogen) atoms. The van der Waals surface area contributed by atoms with E-state index in [1.54, 1.807) is 0 Å². The van der Waals surface area contributed by atoms with Crippen molar-refractivity contribution in [3.63, 3.8) is 0 Å². The number of fused-ring (bicyclic) bond motifs is 1. The third kappa shape index (κ3) is 2.39. The van der Waals surface area contributed by atoms with E-state index < -0.39 is 0 Å². The number of nitrogens with zero attached hydrogens (tertiary/aromatic N) is 4. The van der Waals surface area contributed by atoms with Gasteiger partial charge in [0, 0.05) is 19.6 Å². The summed E-state index contributed by atoms with van der Waals surface area (Å²) in [5, 5.41) is 9.39. The van der Waals surface area contributed by atoms with Gasteiger partial charge in [-0.3, -0.25) is 9.88 Å². The van der Waals surface area contributed by atoms with Gasteiger partial charge in [0.2, 0.25) is 0 Å². The molecule has 0 unspecified atom stereocenters. The van der Waals surface area contributed by atoms with E-state index in [2.05, 4.69) is 19.8 Å². The van der Waals surface area contributed by atoms with Crippen LogP contribution in [-0.2, 0) is 0 Å². The molecule has 3 rings (SSSR count). The van der Waals surface area contributed by atoms with Crippen LogP contribution in [0.15, 0.2) is 30.5 Å². The summed E-state index contributed by atoms with van der Waals surface area (Å²) in [7, 11) is 2.05. The van der Waals surface area contributed by atoms with E-state index in [0.29, 0.717) is 0 Å². The Hall–Kier alpha value is -1.72. The number of likely N-dealkylation sites (N-methyl/N-ethyl adjacent to an activating group) is 1. The molecule has 100 valence electrons. The molecule has 0 aliphatic carbocycles. The van der Waals surface area contributed by atoms with Crippen LogP contribution in [0.5, 0.6) is 0 Å². The summed E-state index contributed by atoms with van der Waals surface area (Å²) in [5.41, 5.74) is 1.83. The van der Waals surface area contributed by atoms with Gasteiger partial charge in [0.1, 0.15) is 5.82 Å². The molecule has 1 aliphatic rings. The number of aliphatic hydroxyl groups excluding tert-OH is 1. The molecule has 1 aromatic carbocycles. The average Bonchev–Trinajstić information content (AvgIpc) is 2.47. The van der Waals surface area contributed by atoms with Crippen LogP contribution in [0.1, 0.15) is 0 Å². The second-order valence-corrected chi connectivity index (χ2v) is 4.98. The lowest BCUT2D eigenvalue weighted by molar-refractivity contribution is 0.135. The van der Waals surface area contributed by atoms with Gasteiger partial charge in [-0.05, 0) is 19.2 Å². The van der Waals surface area contributed by atoms with Crippen LogP contribution < -0.4 is 4.90 Å². The smallest absolute Gasteiger partial charge is 0.147 e. The molecule has 1 aromatic heterocycles. The quantitative estimate of drug-likeness (QED) is 0.861. The molecule has 2 aromatic rings. The van der Waals surface area contributed by atoms with E-state index in [0.717, 1.165) is 36.5 Å². The van der Waals surface area contributed by atoms with Crippen molar-refractivity contribution in [1.82, 2.24) is 14.9 Å². The number of benzene rings is 1. The molecule has 5 heteroatoms. The monoisotopic (exact) mass is 258 g/mol. The Morgan fingerprint density at radius 1 is 1.26 bits per heavy atom. The minimum Gasteiger partial charge on any atom is -0.395 e. The summed E-state index contributed by atoms with van der Waals surface area (Å²) in [5.74, 6) is 0.894. The van der Waals surface area contributed by atoms with E-state index in [1.165, 1.54) is 0 Å². The Balaban J connectivity index is 1.87.